The smallest absolute Gasteiger partial charge is 0.265 e. The first-order chi connectivity index (χ1) is 10.0. The van der Waals surface area contributed by atoms with Crippen molar-refractivity contribution in [3.05, 3.63) is 24.8 Å². The number of aromatic nitrogens is 4. The van der Waals surface area contributed by atoms with Crippen LogP contribution in [-0.2, 0) is 16.6 Å². The molecule has 0 radical (unpaired) electrons. The molecule has 0 spiro atoms. The molecule has 2 aromatic rings. The quantitative estimate of drug-likeness (QED) is 0.750. The van der Waals surface area contributed by atoms with Gasteiger partial charge < -0.3 is 4.90 Å². The van der Waals surface area contributed by atoms with Gasteiger partial charge in [-0.15, -0.1) is 0 Å². The van der Waals surface area contributed by atoms with Gasteiger partial charge in [-0.1, -0.05) is 13.8 Å². The van der Waals surface area contributed by atoms with E-state index in [9.17, 15) is 8.42 Å². The molecule has 2 rings (SSSR count). The molecule has 0 saturated carbocycles. The van der Waals surface area contributed by atoms with Gasteiger partial charge >= 0.3 is 0 Å². The largest absolute Gasteiger partial charge is 0.302 e. The van der Waals surface area contributed by atoms with E-state index in [-0.39, 0.29) is 4.90 Å². The Morgan fingerprint density at radius 1 is 1.33 bits per heavy atom. The molecule has 0 bridgehead atoms. The number of hydrogen-bond acceptors (Lipinski definition) is 5. The zero-order chi connectivity index (χ0) is 15.3. The standard InChI is InChI=1S/C12H20N6O2S/c1-3-17(4-2)5-6-18-10-11(7-15-18)16-21(19,20)12-8-13-14-9-12/h7-10,16H,3-6H2,1-2H3,(H,13,14). The molecule has 0 aliphatic rings. The second kappa shape index (κ2) is 6.72. The van der Waals surface area contributed by atoms with Crippen LogP contribution in [0.1, 0.15) is 13.8 Å². The number of H-pyrrole nitrogens is 1. The fourth-order valence-electron chi connectivity index (χ4n) is 1.92. The van der Waals surface area contributed by atoms with Gasteiger partial charge in [-0.2, -0.15) is 10.2 Å². The van der Waals surface area contributed by atoms with E-state index in [0.29, 0.717) is 5.69 Å². The Labute approximate surface area is 124 Å². The molecule has 2 heterocycles. The molecule has 116 valence electrons. The molecule has 0 amide bonds. The zero-order valence-electron chi connectivity index (χ0n) is 12.2. The monoisotopic (exact) mass is 312 g/mol. The molecule has 0 atom stereocenters. The number of nitrogens with one attached hydrogen (secondary N) is 2. The fourth-order valence-corrected chi connectivity index (χ4v) is 2.86. The highest BCUT2D eigenvalue weighted by molar-refractivity contribution is 7.92. The summed E-state index contributed by atoms with van der Waals surface area (Å²) in [6.45, 7) is 7.78. The first kappa shape index (κ1) is 15.5. The average molecular weight is 312 g/mol. The van der Waals surface area contributed by atoms with Crippen LogP contribution in [0.4, 0.5) is 5.69 Å². The fraction of sp³-hybridized carbons (Fsp3) is 0.500. The Bertz CT molecular complexity index is 645. The lowest BCUT2D eigenvalue weighted by Crippen LogP contribution is -2.27. The SMILES string of the molecule is CCN(CC)CCn1cc(NS(=O)(=O)c2cn[nH]c2)cn1. The molecule has 0 aromatic carbocycles. The molecule has 0 saturated heterocycles. The van der Waals surface area contributed by atoms with Gasteiger partial charge in [-0.3, -0.25) is 14.5 Å². The second-order valence-corrected chi connectivity index (χ2v) is 6.24. The number of hydrogen-bond donors (Lipinski definition) is 2. The van der Waals surface area contributed by atoms with Crippen molar-refractivity contribution < 1.29 is 8.42 Å². The predicted octanol–water partition coefficient (Wildman–Crippen LogP) is 0.749. The molecule has 8 nitrogen and oxygen atoms in total. The van der Waals surface area contributed by atoms with Crippen molar-refractivity contribution in [3.63, 3.8) is 0 Å². The van der Waals surface area contributed by atoms with E-state index in [0.717, 1.165) is 26.2 Å². The third-order valence-corrected chi connectivity index (χ3v) is 4.56. The number of sulfonamides is 1. The van der Waals surface area contributed by atoms with Crippen LogP contribution >= 0.6 is 0 Å². The highest BCUT2D eigenvalue weighted by atomic mass is 32.2. The highest BCUT2D eigenvalue weighted by Crippen LogP contribution is 2.13. The Kier molecular flexibility index (Phi) is 4.97. The highest BCUT2D eigenvalue weighted by Gasteiger charge is 2.16. The minimum Gasteiger partial charge on any atom is -0.302 e. The lowest BCUT2D eigenvalue weighted by molar-refractivity contribution is 0.285. The van der Waals surface area contributed by atoms with E-state index in [1.807, 2.05) is 0 Å². The van der Waals surface area contributed by atoms with Crippen molar-refractivity contribution in [1.82, 2.24) is 24.9 Å². The van der Waals surface area contributed by atoms with Gasteiger partial charge in [0.05, 0.1) is 24.6 Å². The lowest BCUT2D eigenvalue weighted by atomic mass is 10.4. The Hall–Kier alpha value is -1.87. The molecule has 21 heavy (non-hydrogen) atoms. The summed E-state index contributed by atoms with van der Waals surface area (Å²) in [6.07, 6.45) is 5.77. The van der Waals surface area contributed by atoms with Gasteiger partial charge in [0.2, 0.25) is 0 Å². The molecule has 9 heteroatoms. The summed E-state index contributed by atoms with van der Waals surface area (Å²) >= 11 is 0. The number of rotatable bonds is 8. The van der Waals surface area contributed by atoms with E-state index >= 15 is 0 Å². The Balaban J connectivity index is 1.97. The first-order valence-electron chi connectivity index (χ1n) is 6.81. The lowest BCUT2D eigenvalue weighted by Gasteiger charge is -2.17. The third kappa shape index (κ3) is 4.05. The van der Waals surface area contributed by atoms with Gasteiger partial charge in [0.15, 0.2) is 0 Å². The topological polar surface area (TPSA) is 95.9 Å². The van der Waals surface area contributed by atoms with Crippen LogP contribution in [0.15, 0.2) is 29.7 Å². The number of anilines is 1. The average Bonchev–Trinajstić information content (AvgIpc) is 3.11. The number of aromatic amines is 1. The van der Waals surface area contributed by atoms with Crippen LogP contribution in [0.5, 0.6) is 0 Å². The minimum atomic E-state index is -3.60. The molecule has 0 fully saturated rings. The van der Waals surface area contributed by atoms with Crippen molar-refractivity contribution in [1.29, 1.82) is 0 Å². The van der Waals surface area contributed by atoms with E-state index in [1.165, 1.54) is 18.6 Å². The summed E-state index contributed by atoms with van der Waals surface area (Å²) < 4.78 is 28.2. The number of likely N-dealkylation sites (N-methyl/N-ethyl adjacent to an activating group) is 1. The van der Waals surface area contributed by atoms with Crippen LogP contribution < -0.4 is 4.72 Å². The van der Waals surface area contributed by atoms with E-state index in [4.69, 9.17) is 0 Å². The molecular formula is C12H20N6O2S. The summed E-state index contributed by atoms with van der Waals surface area (Å²) in [7, 11) is -3.60. The Morgan fingerprint density at radius 2 is 2.10 bits per heavy atom. The van der Waals surface area contributed by atoms with Crippen molar-refractivity contribution in [2.24, 2.45) is 0 Å². The van der Waals surface area contributed by atoms with Gasteiger partial charge in [0, 0.05) is 18.9 Å². The Morgan fingerprint density at radius 3 is 2.71 bits per heavy atom. The summed E-state index contributed by atoms with van der Waals surface area (Å²) in [5, 5.41) is 10.3. The van der Waals surface area contributed by atoms with Crippen LogP contribution in [0.25, 0.3) is 0 Å². The van der Waals surface area contributed by atoms with Crippen LogP contribution in [-0.4, -0.2) is 52.9 Å². The van der Waals surface area contributed by atoms with Crippen LogP contribution in [0.3, 0.4) is 0 Å². The summed E-state index contributed by atoms with van der Waals surface area (Å²) in [5.74, 6) is 0. The van der Waals surface area contributed by atoms with Crippen molar-refractivity contribution in [3.8, 4) is 0 Å². The molecule has 0 aliphatic carbocycles. The summed E-state index contributed by atoms with van der Waals surface area (Å²) in [5.41, 5.74) is 0.441. The molecule has 2 aromatic heterocycles. The second-order valence-electron chi connectivity index (χ2n) is 4.56. The van der Waals surface area contributed by atoms with E-state index in [1.54, 1.807) is 10.9 Å². The molecule has 0 unspecified atom stereocenters. The van der Waals surface area contributed by atoms with Gasteiger partial charge in [0.25, 0.3) is 10.0 Å². The minimum absolute atomic E-state index is 0.0957. The van der Waals surface area contributed by atoms with Crippen LogP contribution in [0, 0.1) is 0 Å². The summed E-state index contributed by atoms with van der Waals surface area (Å²) in [6, 6.07) is 0. The maximum absolute atomic E-state index is 12.0. The zero-order valence-corrected chi connectivity index (χ0v) is 13.0. The normalized spacial score (nSPS) is 12.0. The van der Waals surface area contributed by atoms with E-state index in [2.05, 4.69) is 38.8 Å². The van der Waals surface area contributed by atoms with Crippen LogP contribution in [0.2, 0.25) is 0 Å². The number of nitrogens with zero attached hydrogens (tertiary/aromatic N) is 4. The predicted molar refractivity (Wildman–Crippen MR) is 79.4 cm³/mol. The maximum Gasteiger partial charge on any atom is 0.265 e. The molecule has 0 aliphatic heterocycles. The molecule has 2 N–H and O–H groups in total. The van der Waals surface area contributed by atoms with Crippen molar-refractivity contribution in [2.75, 3.05) is 24.4 Å². The van der Waals surface area contributed by atoms with Gasteiger partial charge in [0.1, 0.15) is 4.90 Å². The van der Waals surface area contributed by atoms with Crippen molar-refractivity contribution in [2.45, 2.75) is 25.3 Å². The summed E-state index contributed by atoms with van der Waals surface area (Å²) in [4.78, 5) is 2.37. The molecular weight excluding hydrogens is 292 g/mol. The van der Waals surface area contributed by atoms with Gasteiger partial charge in [-0.05, 0) is 13.1 Å². The van der Waals surface area contributed by atoms with Gasteiger partial charge in [-0.25, -0.2) is 8.42 Å². The maximum atomic E-state index is 12.0. The third-order valence-electron chi connectivity index (χ3n) is 3.21. The van der Waals surface area contributed by atoms with E-state index < -0.39 is 10.0 Å². The first-order valence-corrected chi connectivity index (χ1v) is 8.30. The van der Waals surface area contributed by atoms with Crippen molar-refractivity contribution >= 4 is 15.7 Å².